The van der Waals surface area contributed by atoms with E-state index in [9.17, 15) is 9.90 Å². The second kappa shape index (κ2) is 9.40. The molecule has 5 nitrogen and oxygen atoms in total. The van der Waals surface area contributed by atoms with Crippen molar-refractivity contribution >= 4 is 28.8 Å². The van der Waals surface area contributed by atoms with Crippen molar-refractivity contribution in [1.82, 2.24) is 5.32 Å². The highest BCUT2D eigenvalue weighted by Gasteiger charge is 2.27. The molecule has 33 heavy (non-hydrogen) atoms. The van der Waals surface area contributed by atoms with Crippen LogP contribution in [0.2, 0.25) is 0 Å². The molecule has 6 heteroatoms. The number of amidine groups is 1. The first-order valence-corrected chi connectivity index (χ1v) is 11.9. The number of rotatable bonds is 5. The Kier molecular flexibility index (Phi) is 6.98. The number of carbonyl (C=O) groups excluding carboxylic acids is 1. The average molecular weight is 464 g/mol. The number of amides is 1. The summed E-state index contributed by atoms with van der Waals surface area (Å²) in [6.07, 6.45) is 0. The highest BCUT2D eigenvalue weighted by molar-refractivity contribution is 7.12. The monoisotopic (exact) mass is 463 g/mol. The van der Waals surface area contributed by atoms with E-state index in [0.717, 1.165) is 27.3 Å². The van der Waals surface area contributed by atoms with Crippen LogP contribution < -0.4 is 11.1 Å². The van der Waals surface area contributed by atoms with Gasteiger partial charge in [0.25, 0.3) is 5.91 Å². The van der Waals surface area contributed by atoms with E-state index in [1.807, 2.05) is 83.3 Å². The van der Waals surface area contributed by atoms with Gasteiger partial charge >= 0.3 is 0 Å². The Hall–Kier alpha value is -3.12. The molecular weight excluding hydrogens is 430 g/mol. The van der Waals surface area contributed by atoms with E-state index in [4.69, 9.17) is 5.73 Å². The second-order valence-electron chi connectivity index (χ2n) is 10.2. The Labute approximate surface area is 200 Å². The third kappa shape index (κ3) is 6.02. The Morgan fingerprint density at radius 1 is 1.00 bits per heavy atom. The zero-order valence-electron chi connectivity index (χ0n) is 20.2. The molecular formula is C27H33N3O2S. The topological polar surface area (TPSA) is 87.7 Å². The van der Waals surface area contributed by atoms with Crippen molar-refractivity contribution in [3.05, 3.63) is 81.0 Å². The van der Waals surface area contributed by atoms with Crippen molar-refractivity contribution < 1.29 is 9.90 Å². The van der Waals surface area contributed by atoms with E-state index >= 15 is 0 Å². The van der Waals surface area contributed by atoms with Gasteiger partial charge in [0.15, 0.2) is 0 Å². The Morgan fingerprint density at radius 2 is 1.58 bits per heavy atom. The van der Waals surface area contributed by atoms with Crippen LogP contribution in [-0.4, -0.2) is 16.8 Å². The average Bonchev–Trinajstić information content (AvgIpc) is 3.26. The number of thiophene rings is 1. The molecule has 0 unspecified atom stereocenters. The van der Waals surface area contributed by atoms with Gasteiger partial charge in [-0.2, -0.15) is 0 Å². The van der Waals surface area contributed by atoms with Crippen LogP contribution in [0.25, 0.3) is 0 Å². The molecule has 0 aliphatic carbocycles. The quantitative estimate of drug-likeness (QED) is 0.319. The highest BCUT2D eigenvalue weighted by atomic mass is 32.1. The number of aromatic hydroxyl groups is 1. The number of aliphatic imine (C=N–C) groups is 1. The SMILES string of the molecule is CC(C)(C)c1cc(C(=O)NCc2ccc(N=C(N)c3cccs3)cc2)cc(C(C)(C)C)c1O. The lowest BCUT2D eigenvalue weighted by Crippen LogP contribution is -2.25. The summed E-state index contributed by atoms with van der Waals surface area (Å²) in [5.41, 5.74) is 9.28. The third-order valence-corrected chi connectivity index (χ3v) is 6.29. The van der Waals surface area contributed by atoms with Gasteiger partial charge in [0.05, 0.1) is 10.6 Å². The number of nitrogens with two attached hydrogens (primary N) is 1. The predicted molar refractivity (Wildman–Crippen MR) is 138 cm³/mol. The van der Waals surface area contributed by atoms with Gasteiger partial charge in [-0.3, -0.25) is 4.79 Å². The van der Waals surface area contributed by atoms with Gasteiger partial charge in [-0.25, -0.2) is 4.99 Å². The third-order valence-electron chi connectivity index (χ3n) is 5.40. The molecule has 0 atom stereocenters. The minimum absolute atomic E-state index is 0.171. The standard InChI is InChI=1S/C27H33N3O2S/c1-26(2,3)20-14-18(15-21(23(20)31)27(4,5)6)25(32)29-16-17-9-11-19(12-10-17)30-24(28)22-8-7-13-33-22/h7-15,31H,16H2,1-6H3,(H2,28,30)(H,29,32). The fourth-order valence-corrected chi connectivity index (χ4v) is 4.13. The van der Waals surface area contributed by atoms with Gasteiger partial charge in [-0.05, 0) is 52.1 Å². The summed E-state index contributed by atoms with van der Waals surface area (Å²) in [5, 5.41) is 15.8. The number of hydrogen-bond acceptors (Lipinski definition) is 4. The van der Waals surface area contributed by atoms with Crippen LogP contribution in [0.5, 0.6) is 5.75 Å². The molecule has 1 amide bonds. The Balaban J connectivity index is 1.76. The fourth-order valence-electron chi connectivity index (χ4n) is 3.50. The van der Waals surface area contributed by atoms with E-state index in [2.05, 4.69) is 10.3 Å². The first-order chi connectivity index (χ1) is 15.4. The summed E-state index contributed by atoms with van der Waals surface area (Å²) >= 11 is 1.55. The van der Waals surface area contributed by atoms with Gasteiger partial charge in [0.2, 0.25) is 0 Å². The van der Waals surface area contributed by atoms with Crippen molar-refractivity contribution in [3.8, 4) is 5.75 Å². The number of phenols is 1. The van der Waals surface area contributed by atoms with Crippen LogP contribution in [0.3, 0.4) is 0 Å². The van der Waals surface area contributed by atoms with Crippen molar-refractivity contribution in [2.45, 2.75) is 58.9 Å². The molecule has 0 aliphatic rings. The molecule has 0 aliphatic heterocycles. The van der Waals surface area contributed by atoms with Gasteiger partial charge in [0.1, 0.15) is 11.6 Å². The summed E-state index contributed by atoms with van der Waals surface area (Å²) in [7, 11) is 0. The zero-order valence-corrected chi connectivity index (χ0v) is 21.0. The van der Waals surface area contributed by atoms with Gasteiger partial charge < -0.3 is 16.2 Å². The van der Waals surface area contributed by atoms with Crippen LogP contribution in [0.4, 0.5) is 5.69 Å². The minimum atomic E-state index is -0.290. The maximum absolute atomic E-state index is 13.0. The van der Waals surface area contributed by atoms with Crippen LogP contribution >= 0.6 is 11.3 Å². The lowest BCUT2D eigenvalue weighted by atomic mass is 9.78. The molecule has 3 aromatic rings. The van der Waals surface area contributed by atoms with Crippen molar-refractivity contribution in [3.63, 3.8) is 0 Å². The van der Waals surface area contributed by atoms with Gasteiger partial charge in [-0.15, -0.1) is 11.3 Å². The van der Waals surface area contributed by atoms with Crippen molar-refractivity contribution in [2.75, 3.05) is 0 Å². The van der Waals surface area contributed by atoms with Gasteiger partial charge in [0, 0.05) is 23.2 Å². The zero-order chi connectivity index (χ0) is 24.4. The molecule has 0 radical (unpaired) electrons. The van der Waals surface area contributed by atoms with E-state index in [-0.39, 0.29) is 22.5 Å². The number of phenolic OH excluding ortho intramolecular Hbond substituents is 1. The van der Waals surface area contributed by atoms with Crippen LogP contribution in [0.15, 0.2) is 58.9 Å². The van der Waals surface area contributed by atoms with E-state index in [0.29, 0.717) is 17.9 Å². The van der Waals surface area contributed by atoms with Crippen LogP contribution in [0.1, 0.15) is 73.5 Å². The van der Waals surface area contributed by atoms with Crippen LogP contribution in [0, 0.1) is 0 Å². The molecule has 3 rings (SSSR count). The summed E-state index contributed by atoms with van der Waals surface area (Å²) in [5.74, 6) is 0.585. The molecule has 1 aromatic heterocycles. The molecule has 0 fully saturated rings. The molecule has 174 valence electrons. The van der Waals surface area contributed by atoms with Gasteiger partial charge in [-0.1, -0.05) is 59.7 Å². The molecule has 1 heterocycles. The number of nitrogens with zero attached hydrogens (tertiary/aromatic N) is 1. The van der Waals surface area contributed by atoms with E-state index < -0.39 is 0 Å². The number of carbonyl (C=O) groups is 1. The highest BCUT2D eigenvalue weighted by Crippen LogP contribution is 2.39. The molecule has 4 N–H and O–H groups in total. The number of nitrogens with one attached hydrogen (secondary N) is 1. The molecule has 0 saturated heterocycles. The van der Waals surface area contributed by atoms with E-state index in [1.165, 1.54) is 0 Å². The maximum Gasteiger partial charge on any atom is 0.251 e. The maximum atomic E-state index is 13.0. The minimum Gasteiger partial charge on any atom is -0.507 e. The normalized spacial score (nSPS) is 12.6. The van der Waals surface area contributed by atoms with Crippen molar-refractivity contribution in [1.29, 1.82) is 0 Å². The number of hydrogen-bond donors (Lipinski definition) is 3. The predicted octanol–water partition coefficient (Wildman–Crippen LogP) is 6.02. The largest absolute Gasteiger partial charge is 0.507 e. The first kappa shape index (κ1) is 24.5. The lowest BCUT2D eigenvalue weighted by molar-refractivity contribution is 0.0950. The van der Waals surface area contributed by atoms with Crippen LogP contribution in [-0.2, 0) is 17.4 Å². The summed E-state index contributed by atoms with van der Waals surface area (Å²) < 4.78 is 0. The smallest absolute Gasteiger partial charge is 0.251 e. The summed E-state index contributed by atoms with van der Waals surface area (Å²) in [6.45, 7) is 12.6. The molecule has 0 saturated carbocycles. The summed E-state index contributed by atoms with van der Waals surface area (Å²) in [4.78, 5) is 18.4. The summed E-state index contributed by atoms with van der Waals surface area (Å²) in [6, 6.07) is 15.1. The number of benzene rings is 2. The lowest BCUT2D eigenvalue weighted by Gasteiger charge is -2.28. The molecule has 0 bridgehead atoms. The van der Waals surface area contributed by atoms with E-state index in [1.54, 1.807) is 23.5 Å². The first-order valence-electron chi connectivity index (χ1n) is 11.0. The molecule has 2 aromatic carbocycles. The second-order valence-corrected chi connectivity index (χ2v) is 11.2. The van der Waals surface area contributed by atoms with Crippen molar-refractivity contribution in [2.24, 2.45) is 10.7 Å². The Bertz CT molecular complexity index is 1110. The Morgan fingerprint density at radius 3 is 2.06 bits per heavy atom. The molecule has 0 spiro atoms. The fraction of sp³-hybridized carbons (Fsp3) is 0.333.